The van der Waals surface area contributed by atoms with Gasteiger partial charge in [-0.2, -0.15) is 0 Å². The summed E-state index contributed by atoms with van der Waals surface area (Å²) < 4.78 is 5.19. The molecule has 0 unspecified atom stereocenters. The Morgan fingerprint density at radius 3 is 2.26 bits per heavy atom. The van der Waals surface area contributed by atoms with Crippen molar-refractivity contribution in [2.24, 2.45) is 0 Å². The van der Waals surface area contributed by atoms with Gasteiger partial charge in [0.25, 0.3) is 11.8 Å². The van der Waals surface area contributed by atoms with Gasteiger partial charge in [-0.15, -0.1) is 11.8 Å². The number of thioether (sulfide) groups is 1. The monoisotopic (exact) mass is 587 g/mol. The summed E-state index contributed by atoms with van der Waals surface area (Å²) in [5.41, 5.74) is 2.56. The summed E-state index contributed by atoms with van der Waals surface area (Å²) in [4.78, 5) is 39.8. The molecule has 7 nitrogen and oxygen atoms in total. The Labute approximate surface area is 254 Å². The van der Waals surface area contributed by atoms with Gasteiger partial charge in [0.1, 0.15) is 11.4 Å². The Kier molecular flexibility index (Phi) is 9.51. The average molecular weight is 588 g/mol. The molecule has 214 valence electrons. The van der Waals surface area contributed by atoms with Crippen LogP contribution in [-0.4, -0.2) is 30.6 Å². The third-order valence-corrected chi connectivity index (χ3v) is 7.50. The minimum atomic E-state index is -0.463. The lowest BCUT2D eigenvalue weighted by Gasteiger charge is -2.13. The van der Waals surface area contributed by atoms with Gasteiger partial charge in [-0.3, -0.25) is 14.4 Å². The number of anilines is 2. The molecule has 3 N–H and O–H groups in total. The van der Waals surface area contributed by atoms with Gasteiger partial charge in [-0.1, -0.05) is 66.7 Å². The summed E-state index contributed by atoms with van der Waals surface area (Å²) in [7, 11) is 1.58. The topological polar surface area (TPSA) is 96.5 Å². The minimum absolute atomic E-state index is 0.109. The number of hydrogen-bond acceptors (Lipinski definition) is 5. The molecule has 0 atom stereocenters. The van der Waals surface area contributed by atoms with Crippen LogP contribution in [0.3, 0.4) is 0 Å². The largest absolute Gasteiger partial charge is 0.497 e. The van der Waals surface area contributed by atoms with Crippen molar-refractivity contribution in [2.45, 2.75) is 4.90 Å². The Morgan fingerprint density at radius 1 is 0.744 bits per heavy atom. The molecule has 0 saturated carbocycles. The number of ether oxygens (including phenoxy) is 1. The van der Waals surface area contributed by atoms with Crippen LogP contribution < -0.4 is 20.7 Å². The number of fused-ring (bicyclic) bond motifs is 1. The van der Waals surface area contributed by atoms with Crippen molar-refractivity contribution in [1.82, 2.24) is 5.32 Å². The molecule has 8 heteroatoms. The maximum Gasteiger partial charge on any atom is 0.272 e. The first-order valence-corrected chi connectivity index (χ1v) is 14.5. The van der Waals surface area contributed by atoms with Crippen LogP contribution in [0, 0.1) is 0 Å². The highest BCUT2D eigenvalue weighted by Gasteiger charge is 2.16. The second kappa shape index (κ2) is 14.0. The molecule has 0 spiro atoms. The van der Waals surface area contributed by atoms with E-state index in [-0.39, 0.29) is 23.3 Å². The number of methoxy groups -OCH3 is 1. The predicted octanol–water partition coefficient (Wildman–Crippen LogP) is 6.99. The van der Waals surface area contributed by atoms with E-state index in [9.17, 15) is 14.4 Å². The molecule has 0 aliphatic heterocycles. The van der Waals surface area contributed by atoms with E-state index in [0.29, 0.717) is 22.7 Å². The Balaban J connectivity index is 1.28. The molecule has 3 amide bonds. The number of carbonyl (C=O) groups excluding carboxylic acids is 3. The fourth-order valence-corrected chi connectivity index (χ4v) is 5.05. The summed E-state index contributed by atoms with van der Waals surface area (Å²) in [5.74, 6) is -0.117. The van der Waals surface area contributed by atoms with Gasteiger partial charge in [0.15, 0.2) is 0 Å². The lowest BCUT2D eigenvalue weighted by atomic mass is 10.0. The fraction of sp³-hybridized carbons (Fsp3) is 0.0571. The summed E-state index contributed by atoms with van der Waals surface area (Å²) >= 11 is 1.38. The molecule has 0 radical (unpaired) electrons. The predicted molar refractivity (Wildman–Crippen MR) is 173 cm³/mol. The van der Waals surface area contributed by atoms with Gasteiger partial charge in [-0.25, -0.2) is 0 Å². The van der Waals surface area contributed by atoms with Crippen molar-refractivity contribution < 1.29 is 19.1 Å². The lowest BCUT2D eigenvalue weighted by Crippen LogP contribution is -2.30. The van der Waals surface area contributed by atoms with E-state index >= 15 is 0 Å². The SMILES string of the molecule is COc1cccc(NC(=O)CSc2ccc(NC(=O)/C(=C/c3cccc4ccccc34)NC(=O)c3ccccc3)cc2)c1. The van der Waals surface area contributed by atoms with Crippen molar-refractivity contribution in [3.05, 3.63) is 138 Å². The third kappa shape index (κ3) is 7.90. The first-order valence-electron chi connectivity index (χ1n) is 13.5. The molecule has 0 fully saturated rings. The van der Waals surface area contributed by atoms with Crippen LogP contribution in [0.4, 0.5) is 11.4 Å². The zero-order valence-corrected chi connectivity index (χ0v) is 24.2. The smallest absolute Gasteiger partial charge is 0.272 e. The van der Waals surface area contributed by atoms with E-state index < -0.39 is 5.91 Å². The van der Waals surface area contributed by atoms with E-state index in [4.69, 9.17) is 4.74 Å². The van der Waals surface area contributed by atoms with Crippen molar-refractivity contribution >= 4 is 57.7 Å². The Morgan fingerprint density at radius 2 is 1.47 bits per heavy atom. The minimum Gasteiger partial charge on any atom is -0.497 e. The number of hydrogen-bond donors (Lipinski definition) is 3. The average Bonchev–Trinajstić information content (AvgIpc) is 3.04. The van der Waals surface area contributed by atoms with E-state index in [1.807, 2.05) is 72.8 Å². The Hall–Kier alpha value is -5.34. The molecule has 0 bridgehead atoms. The van der Waals surface area contributed by atoms with E-state index in [1.165, 1.54) is 11.8 Å². The van der Waals surface area contributed by atoms with Gasteiger partial charge < -0.3 is 20.7 Å². The second-order valence-corrected chi connectivity index (χ2v) is 10.5. The third-order valence-electron chi connectivity index (χ3n) is 6.49. The van der Waals surface area contributed by atoms with Gasteiger partial charge in [0.2, 0.25) is 5.91 Å². The quantitative estimate of drug-likeness (QED) is 0.121. The molecule has 0 aliphatic rings. The highest BCUT2D eigenvalue weighted by molar-refractivity contribution is 8.00. The lowest BCUT2D eigenvalue weighted by molar-refractivity contribution is -0.114. The van der Waals surface area contributed by atoms with Gasteiger partial charge in [-0.05, 0) is 70.9 Å². The van der Waals surface area contributed by atoms with Crippen LogP contribution in [0.15, 0.2) is 132 Å². The van der Waals surface area contributed by atoms with E-state index in [2.05, 4.69) is 16.0 Å². The maximum absolute atomic E-state index is 13.5. The summed E-state index contributed by atoms with van der Waals surface area (Å²) in [5, 5.41) is 10.5. The number of carbonyl (C=O) groups is 3. The van der Waals surface area contributed by atoms with Crippen molar-refractivity contribution in [3.63, 3.8) is 0 Å². The molecule has 0 aromatic heterocycles. The first kappa shape index (κ1) is 29.2. The highest BCUT2D eigenvalue weighted by atomic mass is 32.2. The molecular formula is C35H29N3O4S. The molecule has 5 aromatic carbocycles. The van der Waals surface area contributed by atoms with Gasteiger partial charge >= 0.3 is 0 Å². The van der Waals surface area contributed by atoms with Gasteiger partial charge in [0.05, 0.1) is 12.9 Å². The standard InChI is InChI=1S/C35H29N3O4S/c1-42-29-15-8-14-28(22-29)36-33(39)23-43-30-19-17-27(18-20-30)37-35(41)32(38-34(40)25-10-3-2-4-11-25)21-26-13-7-12-24-9-5-6-16-31(24)26/h2-22H,23H2,1H3,(H,36,39)(H,37,41)(H,38,40)/b32-21-. The maximum atomic E-state index is 13.5. The molecule has 5 aromatic rings. The van der Waals surface area contributed by atoms with Crippen LogP contribution in [0.1, 0.15) is 15.9 Å². The molecular weight excluding hydrogens is 558 g/mol. The fourth-order valence-electron chi connectivity index (χ4n) is 4.35. The van der Waals surface area contributed by atoms with Crippen LogP contribution in [-0.2, 0) is 9.59 Å². The number of rotatable bonds is 10. The number of amides is 3. The summed E-state index contributed by atoms with van der Waals surface area (Å²) in [6, 6.07) is 36.8. The van der Waals surface area contributed by atoms with Crippen molar-refractivity contribution in [2.75, 3.05) is 23.5 Å². The van der Waals surface area contributed by atoms with Crippen molar-refractivity contribution in [1.29, 1.82) is 0 Å². The second-order valence-electron chi connectivity index (χ2n) is 9.49. The molecule has 0 aliphatic carbocycles. The Bertz CT molecular complexity index is 1780. The molecule has 0 heterocycles. The van der Waals surface area contributed by atoms with Crippen molar-refractivity contribution in [3.8, 4) is 5.75 Å². The zero-order valence-electron chi connectivity index (χ0n) is 23.4. The summed E-state index contributed by atoms with van der Waals surface area (Å²) in [6.45, 7) is 0. The molecule has 5 rings (SSSR count). The van der Waals surface area contributed by atoms with Crippen LogP contribution in [0.25, 0.3) is 16.8 Å². The van der Waals surface area contributed by atoms with E-state index in [0.717, 1.165) is 21.2 Å². The number of benzene rings is 5. The normalized spacial score (nSPS) is 11.0. The van der Waals surface area contributed by atoms with E-state index in [1.54, 1.807) is 61.7 Å². The van der Waals surface area contributed by atoms with Crippen LogP contribution in [0.5, 0.6) is 5.75 Å². The van der Waals surface area contributed by atoms with Crippen LogP contribution in [0.2, 0.25) is 0 Å². The highest BCUT2D eigenvalue weighted by Crippen LogP contribution is 2.24. The molecule has 43 heavy (non-hydrogen) atoms. The molecule has 0 saturated heterocycles. The van der Waals surface area contributed by atoms with Crippen LogP contribution >= 0.6 is 11.8 Å². The van der Waals surface area contributed by atoms with Gasteiger partial charge in [0, 0.05) is 27.9 Å². The first-order chi connectivity index (χ1) is 21.0. The summed E-state index contributed by atoms with van der Waals surface area (Å²) in [6.07, 6.45) is 1.68. The number of nitrogens with one attached hydrogen (secondary N) is 3. The zero-order chi connectivity index (χ0) is 30.0.